The van der Waals surface area contributed by atoms with Crippen LogP contribution < -0.4 is 0 Å². The average molecular weight is 266 g/mol. The summed E-state index contributed by atoms with van der Waals surface area (Å²) in [5.41, 5.74) is 1.11. The van der Waals surface area contributed by atoms with Crippen LogP contribution in [-0.2, 0) is 13.1 Å². The summed E-state index contributed by atoms with van der Waals surface area (Å²) in [6.07, 6.45) is 1.49. The van der Waals surface area contributed by atoms with Crippen molar-refractivity contribution in [2.24, 2.45) is 0 Å². The molecule has 8 heteroatoms. The molecular formula is C12H10N8. The third-order valence-electron chi connectivity index (χ3n) is 2.72. The molecule has 0 fully saturated rings. The maximum Gasteiger partial charge on any atom is 0.252 e. The van der Waals surface area contributed by atoms with Crippen molar-refractivity contribution in [3.63, 3.8) is 0 Å². The fourth-order valence-corrected chi connectivity index (χ4v) is 1.78. The molecule has 0 aliphatic heterocycles. The van der Waals surface area contributed by atoms with E-state index in [0.29, 0.717) is 18.9 Å². The zero-order chi connectivity index (χ0) is 13.8. The minimum absolute atomic E-state index is 0.132. The minimum Gasteiger partial charge on any atom is -0.244 e. The Morgan fingerprint density at radius 3 is 2.75 bits per heavy atom. The van der Waals surface area contributed by atoms with E-state index in [-0.39, 0.29) is 5.82 Å². The van der Waals surface area contributed by atoms with Crippen molar-refractivity contribution in [1.82, 2.24) is 35.0 Å². The summed E-state index contributed by atoms with van der Waals surface area (Å²) < 4.78 is 3.23. The van der Waals surface area contributed by atoms with Crippen molar-refractivity contribution in [2.75, 3.05) is 0 Å². The van der Waals surface area contributed by atoms with E-state index >= 15 is 0 Å². The van der Waals surface area contributed by atoms with Gasteiger partial charge in [-0.1, -0.05) is 30.3 Å². The summed E-state index contributed by atoms with van der Waals surface area (Å²) in [6, 6.07) is 11.8. The maximum absolute atomic E-state index is 8.69. The number of aromatic nitrogens is 7. The number of hydrogen-bond acceptors (Lipinski definition) is 6. The molecule has 0 saturated heterocycles. The Hall–Kier alpha value is -3.08. The lowest BCUT2D eigenvalue weighted by molar-refractivity contribution is 0.573. The first-order valence-corrected chi connectivity index (χ1v) is 5.93. The molecule has 0 aliphatic rings. The van der Waals surface area contributed by atoms with Crippen molar-refractivity contribution >= 4 is 0 Å². The van der Waals surface area contributed by atoms with Crippen LogP contribution in [0.2, 0.25) is 0 Å². The van der Waals surface area contributed by atoms with Gasteiger partial charge in [0.25, 0.3) is 5.82 Å². The number of rotatable bonds is 4. The van der Waals surface area contributed by atoms with Gasteiger partial charge in [-0.15, -0.1) is 10.2 Å². The van der Waals surface area contributed by atoms with Gasteiger partial charge < -0.3 is 0 Å². The van der Waals surface area contributed by atoms with Crippen LogP contribution in [0.15, 0.2) is 36.7 Å². The summed E-state index contributed by atoms with van der Waals surface area (Å²) in [6.45, 7) is 0.956. The Morgan fingerprint density at radius 1 is 1.15 bits per heavy atom. The lowest BCUT2D eigenvalue weighted by Crippen LogP contribution is -2.11. The zero-order valence-corrected chi connectivity index (χ0v) is 10.5. The summed E-state index contributed by atoms with van der Waals surface area (Å²) in [5, 5.41) is 24.3. The molecule has 0 atom stereocenters. The second-order valence-corrected chi connectivity index (χ2v) is 4.12. The van der Waals surface area contributed by atoms with Gasteiger partial charge in [0.2, 0.25) is 0 Å². The molecule has 2 heterocycles. The van der Waals surface area contributed by atoms with Gasteiger partial charge in [-0.05, 0) is 16.0 Å². The van der Waals surface area contributed by atoms with Crippen LogP contribution in [0.1, 0.15) is 17.2 Å². The van der Waals surface area contributed by atoms with Crippen molar-refractivity contribution < 1.29 is 0 Å². The third-order valence-corrected chi connectivity index (χ3v) is 2.72. The molecule has 20 heavy (non-hydrogen) atoms. The molecule has 0 radical (unpaired) electrons. The lowest BCUT2D eigenvalue weighted by Gasteiger charge is -2.04. The Kier molecular flexibility index (Phi) is 3.16. The highest BCUT2D eigenvalue weighted by molar-refractivity contribution is 5.15. The molecule has 0 saturated carbocycles. The SMILES string of the molecule is N#Cc1ncn(Cc2nnnn2Cc2ccccc2)n1. The van der Waals surface area contributed by atoms with Gasteiger partial charge in [-0.25, -0.2) is 14.3 Å². The van der Waals surface area contributed by atoms with Crippen LogP contribution in [0.5, 0.6) is 0 Å². The van der Waals surface area contributed by atoms with Gasteiger partial charge in [-0.2, -0.15) is 5.26 Å². The van der Waals surface area contributed by atoms with Crippen LogP contribution in [-0.4, -0.2) is 35.0 Å². The van der Waals surface area contributed by atoms with Gasteiger partial charge in [0.05, 0.1) is 6.54 Å². The smallest absolute Gasteiger partial charge is 0.244 e. The van der Waals surface area contributed by atoms with E-state index in [2.05, 4.69) is 25.6 Å². The van der Waals surface area contributed by atoms with E-state index in [0.717, 1.165) is 5.56 Å². The molecule has 3 rings (SSSR count). The van der Waals surface area contributed by atoms with E-state index in [4.69, 9.17) is 5.26 Å². The largest absolute Gasteiger partial charge is 0.252 e. The fourth-order valence-electron chi connectivity index (χ4n) is 1.78. The first-order chi connectivity index (χ1) is 9.85. The van der Waals surface area contributed by atoms with Crippen LogP contribution in [0.4, 0.5) is 0 Å². The molecule has 2 aromatic heterocycles. The monoisotopic (exact) mass is 266 g/mol. The maximum atomic E-state index is 8.69. The van der Waals surface area contributed by atoms with Crippen molar-refractivity contribution in [2.45, 2.75) is 13.1 Å². The Morgan fingerprint density at radius 2 is 2.00 bits per heavy atom. The lowest BCUT2D eigenvalue weighted by atomic mass is 10.2. The molecule has 1 aromatic carbocycles. The molecule has 0 unspecified atom stereocenters. The van der Waals surface area contributed by atoms with Gasteiger partial charge in [0, 0.05) is 0 Å². The molecule has 3 aromatic rings. The summed E-state index contributed by atoms with van der Waals surface area (Å²) in [5.74, 6) is 0.787. The van der Waals surface area contributed by atoms with E-state index in [1.165, 1.54) is 11.0 Å². The number of hydrogen-bond donors (Lipinski definition) is 0. The van der Waals surface area contributed by atoms with Gasteiger partial charge in [-0.3, -0.25) is 0 Å². The summed E-state index contributed by atoms with van der Waals surface area (Å²) in [7, 11) is 0. The quantitative estimate of drug-likeness (QED) is 0.670. The van der Waals surface area contributed by atoms with Gasteiger partial charge in [0.15, 0.2) is 5.82 Å². The van der Waals surface area contributed by atoms with E-state index < -0.39 is 0 Å². The van der Waals surface area contributed by atoms with Crippen LogP contribution >= 0.6 is 0 Å². The Bertz CT molecular complexity index is 736. The minimum atomic E-state index is 0.132. The second-order valence-electron chi connectivity index (χ2n) is 4.12. The normalized spacial score (nSPS) is 10.3. The topological polar surface area (TPSA) is 98.1 Å². The fraction of sp³-hybridized carbons (Fsp3) is 0.167. The molecule has 8 nitrogen and oxygen atoms in total. The zero-order valence-electron chi connectivity index (χ0n) is 10.5. The van der Waals surface area contributed by atoms with Gasteiger partial charge in [0.1, 0.15) is 18.9 Å². The van der Waals surface area contributed by atoms with Crippen LogP contribution in [0.3, 0.4) is 0 Å². The average Bonchev–Trinajstić information content (AvgIpc) is 3.10. The van der Waals surface area contributed by atoms with Crippen LogP contribution in [0.25, 0.3) is 0 Å². The Labute approximate surface area is 114 Å². The first kappa shape index (κ1) is 12.0. The first-order valence-electron chi connectivity index (χ1n) is 5.93. The van der Waals surface area contributed by atoms with Crippen molar-refractivity contribution in [1.29, 1.82) is 5.26 Å². The van der Waals surface area contributed by atoms with E-state index in [1.54, 1.807) is 4.68 Å². The molecular weight excluding hydrogens is 256 g/mol. The predicted octanol–water partition coefficient (Wildman–Crippen LogP) is 0.233. The van der Waals surface area contributed by atoms with Crippen molar-refractivity contribution in [3.05, 3.63) is 53.9 Å². The van der Waals surface area contributed by atoms with E-state index in [1.807, 2.05) is 36.4 Å². The molecule has 0 amide bonds. The summed E-state index contributed by atoms with van der Waals surface area (Å²) in [4.78, 5) is 3.84. The third kappa shape index (κ3) is 2.51. The molecule has 0 N–H and O–H groups in total. The van der Waals surface area contributed by atoms with Crippen LogP contribution in [0, 0.1) is 11.3 Å². The number of benzene rings is 1. The number of tetrazole rings is 1. The van der Waals surface area contributed by atoms with E-state index in [9.17, 15) is 0 Å². The Balaban J connectivity index is 1.78. The highest BCUT2D eigenvalue weighted by Gasteiger charge is 2.09. The predicted molar refractivity (Wildman–Crippen MR) is 67.2 cm³/mol. The molecule has 0 bridgehead atoms. The molecule has 0 spiro atoms. The number of nitriles is 1. The second kappa shape index (κ2) is 5.27. The van der Waals surface area contributed by atoms with Crippen molar-refractivity contribution in [3.8, 4) is 6.07 Å². The van der Waals surface area contributed by atoms with Gasteiger partial charge >= 0.3 is 0 Å². The number of nitrogens with zero attached hydrogens (tertiary/aromatic N) is 8. The standard InChI is InChI=1S/C12H10N8/c13-6-11-14-9-19(16-11)8-12-15-17-18-20(12)7-10-4-2-1-3-5-10/h1-5,9H,7-8H2. The highest BCUT2D eigenvalue weighted by Crippen LogP contribution is 2.04. The highest BCUT2D eigenvalue weighted by atomic mass is 15.5. The molecule has 0 aliphatic carbocycles. The molecule has 98 valence electrons. The summed E-state index contributed by atoms with van der Waals surface area (Å²) >= 11 is 0.